The first kappa shape index (κ1) is 15.8. The minimum atomic E-state index is -1.71. The van der Waals surface area contributed by atoms with Crippen molar-refractivity contribution in [3.63, 3.8) is 0 Å². The minimum Gasteiger partial charge on any atom is -0.497 e. The molecule has 2 aliphatic rings. The van der Waals surface area contributed by atoms with Crippen LogP contribution in [0.3, 0.4) is 0 Å². The Morgan fingerprint density at radius 2 is 2.00 bits per heavy atom. The molecule has 2 aliphatic heterocycles. The van der Waals surface area contributed by atoms with Gasteiger partial charge in [0.15, 0.2) is 5.60 Å². The Kier molecular flexibility index (Phi) is 3.40. The zero-order valence-electron chi connectivity index (χ0n) is 13.9. The number of halogens is 1. The van der Waals surface area contributed by atoms with Gasteiger partial charge in [0.25, 0.3) is 0 Å². The Bertz CT molecular complexity index is 908. The maximum atomic E-state index is 13.9. The molecule has 4 rings (SSSR count). The first-order chi connectivity index (χ1) is 11.9. The molecule has 2 aromatic rings. The molecule has 0 spiro atoms. The number of hydrogen-bond acceptors (Lipinski definition) is 5. The number of amidine groups is 1. The number of aryl methyl sites for hydroxylation is 1. The average Bonchev–Trinajstić information content (AvgIpc) is 2.95. The van der Waals surface area contributed by atoms with Crippen LogP contribution in [0.15, 0.2) is 41.4 Å². The van der Waals surface area contributed by atoms with E-state index in [1.807, 2.05) is 29.2 Å². The normalized spacial score (nSPS) is 21.7. The fourth-order valence-corrected chi connectivity index (χ4v) is 3.37. The van der Waals surface area contributed by atoms with Crippen molar-refractivity contribution >= 4 is 23.0 Å². The van der Waals surface area contributed by atoms with E-state index in [9.17, 15) is 14.3 Å². The summed E-state index contributed by atoms with van der Waals surface area (Å²) in [5, 5.41) is 10.9. The van der Waals surface area contributed by atoms with Crippen molar-refractivity contribution in [3.05, 3.63) is 53.3 Å². The molecule has 0 saturated carbocycles. The van der Waals surface area contributed by atoms with Gasteiger partial charge < -0.3 is 14.7 Å². The van der Waals surface area contributed by atoms with Gasteiger partial charge >= 0.3 is 0 Å². The molecule has 2 aromatic carbocycles. The van der Waals surface area contributed by atoms with E-state index < -0.39 is 17.2 Å². The second-order valence-corrected chi connectivity index (χ2v) is 6.34. The maximum absolute atomic E-state index is 13.9. The fraction of sp³-hybridized carbons (Fsp3) is 0.263. The largest absolute Gasteiger partial charge is 0.497 e. The number of carbonyl (C=O) groups excluding carboxylic acids is 1. The number of hydrogen-bond donors (Lipinski definition) is 1. The highest BCUT2D eigenvalue weighted by molar-refractivity contribution is 6.28. The summed E-state index contributed by atoms with van der Waals surface area (Å²) >= 11 is 0. The molecule has 25 heavy (non-hydrogen) atoms. The molecule has 1 N–H and O–H groups in total. The number of anilines is 1. The molecule has 0 aromatic heterocycles. The van der Waals surface area contributed by atoms with Crippen molar-refractivity contribution < 1.29 is 19.0 Å². The number of benzene rings is 2. The van der Waals surface area contributed by atoms with Crippen LogP contribution in [0.1, 0.15) is 22.3 Å². The third-order valence-electron chi connectivity index (χ3n) is 4.83. The summed E-state index contributed by atoms with van der Waals surface area (Å²) in [6.07, 6.45) is 0.214. The highest BCUT2D eigenvalue weighted by Gasteiger charge is 2.52. The minimum absolute atomic E-state index is 0.130. The highest BCUT2D eigenvalue weighted by atomic mass is 19.1. The number of nitrogens with zero attached hydrogens (tertiary/aromatic N) is 2. The molecule has 0 aliphatic carbocycles. The van der Waals surface area contributed by atoms with Crippen molar-refractivity contribution in [2.45, 2.75) is 18.9 Å². The number of Topliss-reactive ketones (excluding diaryl/α,β-unsaturated/α-hetero) is 1. The summed E-state index contributed by atoms with van der Waals surface area (Å²) in [6, 6.07) is 10.0. The lowest BCUT2D eigenvalue weighted by Crippen LogP contribution is -2.48. The van der Waals surface area contributed by atoms with Gasteiger partial charge in [-0.05, 0) is 48.9 Å². The highest BCUT2D eigenvalue weighted by Crippen LogP contribution is 2.40. The summed E-state index contributed by atoms with van der Waals surface area (Å²) in [6.45, 7) is 2.07. The molecule has 1 fully saturated rings. The number of carbonyl (C=O) groups is 1. The van der Waals surface area contributed by atoms with E-state index in [-0.39, 0.29) is 12.0 Å². The van der Waals surface area contributed by atoms with Crippen LogP contribution in [-0.4, -0.2) is 36.0 Å². The first-order valence-corrected chi connectivity index (χ1v) is 8.02. The third-order valence-corrected chi connectivity index (χ3v) is 4.83. The third kappa shape index (κ3) is 2.25. The van der Waals surface area contributed by atoms with Gasteiger partial charge in [-0.15, -0.1) is 0 Å². The monoisotopic (exact) mass is 340 g/mol. The van der Waals surface area contributed by atoms with E-state index >= 15 is 0 Å². The molecule has 128 valence electrons. The van der Waals surface area contributed by atoms with Gasteiger partial charge in [0.1, 0.15) is 17.4 Å². The number of rotatable bonds is 2. The summed E-state index contributed by atoms with van der Waals surface area (Å²) in [5.41, 5.74) is 0.0325. The molecule has 1 atom stereocenters. The van der Waals surface area contributed by atoms with Crippen LogP contribution >= 0.6 is 0 Å². The zero-order valence-corrected chi connectivity index (χ0v) is 13.9. The second kappa shape index (κ2) is 5.39. The van der Waals surface area contributed by atoms with Crippen LogP contribution in [0.25, 0.3) is 0 Å². The van der Waals surface area contributed by atoms with Crippen molar-refractivity contribution in [3.8, 4) is 5.75 Å². The van der Waals surface area contributed by atoms with Crippen molar-refractivity contribution in [2.24, 2.45) is 4.99 Å². The standard InChI is InChI=1S/C19H17FN2O3/c1-11-9-16-14(10-15(11)20)17(23)19(24)7-8-22(18(19)21-16)12-3-5-13(25-2)6-4-12/h3-6,9-10,24H,7-8H2,1-2H3/t19-/m1/s1. The van der Waals surface area contributed by atoms with E-state index in [0.717, 1.165) is 11.4 Å². The summed E-state index contributed by atoms with van der Waals surface area (Å²) < 4.78 is 19.0. The van der Waals surface area contributed by atoms with Gasteiger partial charge in [-0.25, -0.2) is 9.38 Å². The maximum Gasteiger partial charge on any atom is 0.204 e. The van der Waals surface area contributed by atoms with Gasteiger partial charge in [0.2, 0.25) is 5.78 Å². The average molecular weight is 340 g/mol. The smallest absolute Gasteiger partial charge is 0.204 e. The first-order valence-electron chi connectivity index (χ1n) is 8.02. The van der Waals surface area contributed by atoms with Crippen molar-refractivity contribution in [2.75, 3.05) is 18.6 Å². The molecule has 0 radical (unpaired) electrons. The van der Waals surface area contributed by atoms with Gasteiger partial charge in [0.05, 0.1) is 12.8 Å². The summed E-state index contributed by atoms with van der Waals surface area (Å²) in [7, 11) is 1.59. The lowest BCUT2D eigenvalue weighted by molar-refractivity contribution is 0.0601. The quantitative estimate of drug-likeness (QED) is 0.913. The second-order valence-electron chi connectivity index (χ2n) is 6.34. The Hall–Kier alpha value is -2.73. The molecular formula is C19H17FN2O3. The van der Waals surface area contributed by atoms with Crippen LogP contribution in [0.2, 0.25) is 0 Å². The number of ketones is 1. The van der Waals surface area contributed by atoms with Crippen LogP contribution < -0.4 is 9.64 Å². The molecule has 0 amide bonds. The molecule has 2 heterocycles. The molecular weight excluding hydrogens is 323 g/mol. The van der Waals surface area contributed by atoms with Crippen molar-refractivity contribution in [1.29, 1.82) is 0 Å². The van der Waals surface area contributed by atoms with Crippen LogP contribution in [0.4, 0.5) is 15.8 Å². The van der Waals surface area contributed by atoms with Crippen molar-refractivity contribution in [1.82, 2.24) is 0 Å². The van der Waals surface area contributed by atoms with Gasteiger partial charge in [0, 0.05) is 24.2 Å². The molecule has 1 saturated heterocycles. The number of aliphatic hydroxyl groups is 1. The van der Waals surface area contributed by atoms with E-state index in [1.54, 1.807) is 20.1 Å². The number of ether oxygens (including phenoxy) is 1. The number of methoxy groups -OCH3 is 1. The predicted octanol–water partition coefficient (Wildman–Crippen LogP) is 3.01. The van der Waals surface area contributed by atoms with E-state index in [4.69, 9.17) is 4.74 Å². The Morgan fingerprint density at radius 3 is 2.68 bits per heavy atom. The Morgan fingerprint density at radius 1 is 1.28 bits per heavy atom. The SMILES string of the molecule is COc1ccc(N2CC[C@@]3(O)C(=O)c4cc(F)c(C)cc4N=C23)cc1. The number of aliphatic imine (C=N–C) groups is 1. The predicted molar refractivity (Wildman–Crippen MR) is 92.5 cm³/mol. The molecule has 0 bridgehead atoms. The van der Waals surface area contributed by atoms with E-state index in [1.165, 1.54) is 6.07 Å². The Balaban J connectivity index is 1.83. The molecule has 0 unspecified atom stereocenters. The zero-order chi connectivity index (χ0) is 17.8. The van der Waals surface area contributed by atoms with E-state index in [2.05, 4.69) is 4.99 Å². The lowest BCUT2D eigenvalue weighted by Gasteiger charge is -2.30. The van der Waals surface area contributed by atoms with Crippen LogP contribution in [0, 0.1) is 12.7 Å². The molecule has 6 heteroatoms. The fourth-order valence-electron chi connectivity index (χ4n) is 3.37. The van der Waals surface area contributed by atoms with Gasteiger partial charge in [-0.1, -0.05) is 0 Å². The number of fused-ring (bicyclic) bond motifs is 2. The van der Waals surface area contributed by atoms with Gasteiger partial charge in [-0.3, -0.25) is 4.79 Å². The molecule has 5 nitrogen and oxygen atoms in total. The van der Waals surface area contributed by atoms with Crippen LogP contribution in [-0.2, 0) is 0 Å². The lowest BCUT2D eigenvalue weighted by atomic mass is 9.87. The summed E-state index contributed by atoms with van der Waals surface area (Å²) in [5.74, 6) is 0.0410. The topological polar surface area (TPSA) is 62.1 Å². The summed E-state index contributed by atoms with van der Waals surface area (Å²) in [4.78, 5) is 19.1. The van der Waals surface area contributed by atoms with Crippen LogP contribution in [0.5, 0.6) is 5.75 Å². The van der Waals surface area contributed by atoms with Gasteiger partial charge in [-0.2, -0.15) is 0 Å². The van der Waals surface area contributed by atoms with E-state index in [0.29, 0.717) is 23.6 Å². The Labute approximate surface area is 144 Å².